The maximum absolute atomic E-state index is 12.7. The van der Waals surface area contributed by atoms with E-state index in [4.69, 9.17) is 4.74 Å². The van der Waals surface area contributed by atoms with Gasteiger partial charge >= 0.3 is 5.97 Å². The van der Waals surface area contributed by atoms with Gasteiger partial charge in [0.05, 0.1) is 7.11 Å². The van der Waals surface area contributed by atoms with Crippen molar-refractivity contribution in [2.75, 3.05) is 7.11 Å². The van der Waals surface area contributed by atoms with Gasteiger partial charge in [0.25, 0.3) is 5.91 Å². The molecule has 0 saturated heterocycles. The minimum Gasteiger partial charge on any atom is -0.467 e. The third-order valence-corrected chi connectivity index (χ3v) is 4.09. The molecule has 0 aromatic heterocycles. The largest absolute Gasteiger partial charge is 0.467 e. The Labute approximate surface area is 135 Å². The van der Waals surface area contributed by atoms with Gasteiger partial charge in [-0.1, -0.05) is 48.5 Å². The normalized spacial score (nSPS) is 14.8. The van der Waals surface area contributed by atoms with Crippen LogP contribution in [-0.2, 0) is 9.53 Å². The van der Waals surface area contributed by atoms with E-state index in [1.165, 1.54) is 7.11 Å². The van der Waals surface area contributed by atoms with Crippen molar-refractivity contribution in [2.24, 2.45) is 5.92 Å². The summed E-state index contributed by atoms with van der Waals surface area (Å²) >= 11 is 0. The first-order valence-electron chi connectivity index (χ1n) is 7.74. The number of esters is 1. The van der Waals surface area contributed by atoms with Gasteiger partial charge in [-0.15, -0.1) is 0 Å². The van der Waals surface area contributed by atoms with Gasteiger partial charge in [0.2, 0.25) is 0 Å². The Morgan fingerprint density at radius 2 is 1.70 bits per heavy atom. The molecule has 4 nitrogen and oxygen atoms in total. The van der Waals surface area contributed by atoms with Crippen LogP contribution >= 0.6 is 0 Å². The van der Waals surface area contributed by atoms with Gasteiger partial charge < -0.3 is 10.1 Å². The zero-order chi connectivity index (χ0) is 16.2. The lowest BCUT2D eigenvalue weighted by molar-refractivity contribution is -0.143. The second-order valence-corrected chi connectivity index (χ2v) is 5.72. The van der Waals surface area contributed by atoms with Crippen molar-refractivity contribution in [1.29, 1.82) is 0 Å². The third kappa shape index (κ3) is 3.42. The highest BCUT2D eigenvalue weighted by molar-refractivity contribution is 6.02. The molecule has 0 spiro atoms. The van der Waals surface area contributed by atoms with Gasteiger partial charge in [-0.05, 0) is 36.0 Å². The van der Waals surface area contributed by atoms with E-state index >= 15 is 0 Å². The Hall–Kier alpha value is -2.62. The van der Waals surface area contributed by atoms with Gasteiger partial charge in [0.1, 0.15) is 6.04 Å². The van der Waals surface area contributed by atoms with Crippen LogP contribution in [0.1, 0.15) is 23.2 Å². The van der Waals surface area contributed by atoms with Gasteiger partial charge in [-0.2, -0.15) is 0 Å². The molecule has 2 aromatic rings. The van der Waals surface area contributed by atoms with Crippen LogP contribution in [0, 0.1) is 5.92 Å². The van der Waals surface area contributed by atoms with Crippen LogP contribution in [0.3, 0.4) is 0 Å². The van der Waals surface area contributed by atoms with Gasteiger partial charge in [-0.3, -0.25) is 4.79 Å². The van der Waals surface area contributed by atoms with Crippen molar-refractivity contribution in [3.05, 3.63) is 60.2 Å². The van der Waals surface area contributed by atoms with Crippen LogP contribution in [0.25, 0.3) is 11.1 Å². The molecule has 4 heteroatoms. The molecular weight excluding hydrogens is 290 g/mol. The molecule has 1 fully saturated rings. The van der Waals surface area contributed by atoms with E-state index in [2.05, 4.69) is 5.32 Å². The van der Waals surface area contributed by atoms with E-state index < -0.39 is 6.04 Å². The van der Waals surface area contributed by atoms with Crippen LogP contribution in [0.15, 0.2) is 54.6 Å². The van der Waals surface area contributed by atoms with Crippen molar-refractivity contribution in [2.45, 2.75) is 18.9 Å². The van der Waals surface area contributed by atoms with Crippen molar-refractivity contribution in [3.8, 4) is 11.1 Å². The van der Waals surface area contributed by atoms with Crippen molar-refractivity contribution >= 4 is 11.9 Å². The predicted octanol–water partition coefficient (Wildman–Crippen LogP) is 3.04. The van der Waals surface area contributed by atoms with E-state index in [-0.39, 0.29) is 17.8 Å². The number of carbonyl (C=O) groups is 2. The molecule has 1 saturated carbocycles. The van der Waals surface area contributed by atoms with E-state index in [9.17, 15) is 9.59 Å². The zero-order valence-electron chi connectivity index (χ0n) is 13.0. The second-order valence-electron chi connectivity index (χ2n) is 5.72. The summed E-state index contributed by atoms with van der Waals surface area (Å²) in [5.41, 5.74) is 2.39. The smallest absolute Gasteiger partial charge is 0.328 e. The van der Waals surface area contributed by atoms with Crippen molar-refractivity contribution in [1.82, 2.24) is 5.32 Å². The zero-order valence-corrected chi connectivity index (χ0v) is 13.0. The first kappa shape index (κ1) is 15.3. The predicted molar refractivity (Wildman–Crippen MR) is 87.9 cm³/mol. The molecule has 2 aromatic carbocycles. The number of benzene rings is 2. The Kier molecular flexibility index (Phi) is 4.42. The lowest BCUT2D eigenvalue weighted by Gasteiger charge is -2.17. The molecule has 0 aliphatic heterocycles. The molecule has 118 valence electrons. The molecule has 1 atom stereocenters. The number of amides is 1. The van der Waals surface area contributed by atoms with Gasteiger partial charge in [0, 0.05) is 5.56 Å². The fourth-order valence-electron chi connectivity index (χ4n) is 2.70. The average molecular weight is 309 g/mol. The number of ether oxygens (including phenoxy) is 1. The summed E-state index contributed by atoms with van der Waals surface area (Å²) in [5, 5.41) is 2.84. The third-order valence-electron chi connectivity index (χ3n) is 4.09. The number of methoxy groups -OCH3 is 1. The Bertz CT molecular complexity index is 708. The Morgan fingerprint density at radius 3 is 2.35 bits per heavy atom. The molecule has 0 unspecified atom stereocenters. The summed E-state index contributed by atoms with van der Waals surface area (Å²) in [7, 11) is 1.35. The molecule has 1 amide bonds. The maximum atomic E-state index is 12.7. The fraction of sp³-hybridized carbons (Fsp3) is 0.263. The topological polar surface area (TPSA) is 55.4 Å². The van der Waals surface area contributed by atoms with Crippen LogP contribution in [-0.4, -0.2) is 25.0 Å². The first-order valence-corrected chi connectivity index (χ1v) is 7.74. The second kappa shape index (κ2) is 6.65. The molecule has 0 radical (unpaired) electrons. The van der Waals surface area contributed by atoms with Crippen molar-refractivity contribution < 1.29 is 14.3 Å². The Morgan fingerprint density at radius 1 is 1.04 bits per heavy atom. The summed E-state index contributed by atoms with van der Waals surface area (Å²) in [5.74, 6) is -0.430. The highest BCUT2D eigenvalue weighted by atomic mass is 16.5. The van der Waals surface area contributed by atoms with E-state index in [1.807, 2.05) is 48.5 Å². The molecule has 1 aliphatic carbocycles. The van der Waals surface area contributed by atoms with Crippen LogP contribution in [0.2, 0.25) is 0 Å². The number of carbonyl (C=O) groups excluding carboxylic acids is 2. The lowest BCUT2D eigenvalue weighted by atomic mass is 9.99. The molecule has 23 heavy (non-hydrogen) atoms. The van der Waals surface area contributed by atoms with Crippen LogP contribution in [0.5, 0.6) is 0 Å². The van der Waals surface area contributed by atoms with E-state index in [0.29, 0.717) is 5.56 Å². The van der Waals surface area contributed by atoms with Crippen LogP contribution in [0.4, 0.5) is 0 Å². The standard InChI is InChI=1S/C19H19NO3/c1-23-19(22)17(14-11-12-14)20-18(21)16-10-6-5-9-15(16)13-7-3-2-4-8-13/h2-10,14,17H,11-12H2,1H3,(H,20,21)/t17-/m0/s1. The number of rotatable bonds is 5. The minimum atomic E-state index is -0.559. The number of hydrogen-bond acceptors (Lipinski definition) is 3. The molecule has 1 aliphatic rings. The number of nitrogens with one attached hydrogen (secondary N) is 1. The summed E-state index contributed by atoms with van der Waals surface area (Å²) in [6.45, 7) is 0. The SMILES string of the molecule is COC(=O)[C@@H](NC(=O)c1ccccc1-c1ccccc1)C1CC1. The lowest BCUT2D eigenvalue weighted by Crippen LogP contribution is -2.43. The number of hydrogen-bond donors (Lipinski definition) is 1. The Balaban J connectivity index is 1.87. The highest BCUT2D eigenvalue weighted by Gasteiger charge is 2.38. The summed E-state index contributed by atoms with van der Waals surface area (Å²) in [4.78, 5) is 24.6. The molecule has 0 bridgehead atoms. The quantitative estimate of drug-likeness (QED) is 0.864. The van der Waals surface area contributed by atoms with Gasteiger partial charge in [0.15, 0.2) is 0 Å². The molecular formula is C19H19NO3. The van der Waals surface area contributed by atoms with Gasteiger partial charge in [-0.25, -0.2) is 4.79 Å². The fourth-order valence-corrected chi connectivity index (χ4v) is 2.70. The monoisotopic (exact) mass is 309 g/mol. The van der Waals surface area contributed by atoms with E-state index in [0.717, 1.165) is 24.0 Å². The summed E-state index contributed by atoms with van der Waals surface area (Å²) in [6.07, 6.45) is 1.89. The summed E-state index contributed by atoms with van der Waals surface area (Å²) < 4.78 is 4.81. The van der Waals surface area contributed by atoms with E-state index in [1.54, 1.807) is 6.07 Å². The maximum Gasteiger partial charge on any atom is 0.328 e. The highest BCUT2D eigenvalue weighted by Crippen LogP contribution is 2.33. The first-order chi connectivity index (χ1) is 11.2. The van der Waals surface area contributed by atoms with Crippen molar-refractivity contribution in [3.63, 3.8) is 0 Å². The average Bonchev–Trinajstić information content (AvgIpc) is 3.44. The van der Waals surface area contributed by atoms with Crippen LogP contribution < -0.4 is 5.32 Å². The molecule has 1 N–H and O–H groups in total. The molecule has 0 heterocycles. The summed E-state index contributed by atoms with van der Waals surface area (Å²) in [6, 6.07) is 16.6. The minimum absolute atomic E-state index is 0.190. The molecule has 3 rings (SSSR count).